The molecule has 1 fully saturated rings. The van der Waals surface area contributed by atoms with Crippen LogP contribution in [0, 0.1) is 0 Å². The van der Waals surface area contributed by atoms with E-state index in [1.165, 1.54) is 22.5 Å². The summed E-state index contributed by atoms with van der Waals surface area (Å²) in [5.74, 6) is -0.101. The van der Waals surface area contributed by atoms with E-state index in [1.807, 2.05) is 0 Å². The molecule has 2 aliphatic rings. The molecule has 2 amide bonds. The molecule has 0 saturated carbocycles. The number of rotatable bonds is 3. The topological polar surface area (TPSA) is 122 Å². The van der Waals surface area contributed by atoms with Gasteiger partial charge in [-0.1, -0.05) is 0 Å². The summed E-state index contributed by atoms with van der Waals surface area (Å²) < 4.78 is 32.3. The van der Waals surface area contributed by atoms with Gasteiger partial charge in [-0.05, 0) is 32.0 Å². The van der Waals surface area contributed by atoms with Crippen molar-refractivity contribution in [2.75, 3.05) is 38.1 Å². The number of anilines is 1. The quantitative estimate of drug-likeness (QED) is 0.713. The average molecular weight is 419 g/mol. The summed E-state index contributed by atoms with van der Waals surface area (Å²) >= 11 is 0. The SMILES string of the molecule is CC(C)(N)C(=O)N1CCN(S(=O)(=O)c2ccc3c(c2)NC(=O)CO3)CC1.Cl. The van der Waals surface area contributed by atoms with Crippen LogP contribution in [0.1, 0.15) is 13.8 Å². The second-order valence-corrected chi connectivity index (χ2v) is 8.85. The highest BCUT2D eigenvalue weighted by Gasteiger charge is 2.34. The molecule has 3 N–H and O–H groups in total. The first-order chi connectivity index (χ1) is 12.1. The van der Waals surface area contributed by atoms with Crippen molar-refractivity contribution in [2.45, 2.75) is 24.3 Å². The summed E-state index contributed by atoms with van der Waals surface area (Å²) in [5, 5.41) is 2.60. The number of halogens is 1. The van der Waals surface area contributed by atoms with Crippen LogP contribution in [0.4, 0.5) is 5.69 Å². The van der Waals surface area contributed by atoms with Gasteiger partial charge < -0.3 is 20.7 Å². The zero-order valence-electron chi connectivity index (χ0n) is 15.1. The van der Waals surface area contributed by atoms with Crippen LogP contribution in [0.25, 0.3) is 0 Å². The minimum atomic E-state index is -3.74. The zero-order chi connectivity index (χ0) is 19.1. The van der Waals surface area contributed by atoms with E-state index in [2.05, 4.69) is 5.32 Å². The lowest BCUT2D eigenvalue weighted by molar-refractivity contribution is -0.137. The summed E-state index contributed by atoms with van der Waals surface area (Å²) in [6, 6.07) is 4.37. The van der Waals surface area contributed by atoms with Crippen LogP contribution in [0.5, 0.6) is 5.75 Å². The number of benzene rings is 1. The molecule has 27 heavy (non-hydrogen) atoms. The van der Waals surface area contributed by atoms with Crippen LogP contribution < -0.4 is 15.8 Å². The predicted octanol–water partition coefficient (Wildman–Crippen LogP) is 0.00950. The number of amides is 2. The van der Waals surface area contributed by atoms with Crippen molar-refractivity contribution < 1.29 is 22.7 Å². The van der Waals surface area contributed by atoms with Crippen LogP contribution in [0.2, 0.25) is 0 Å². The fourth-order valence-corrected chi connectivity index (χ4v) is 4.36. The summed E-state index contributed by atoms with van der Waals surface area (Å²) in [6.45, 7) is 4.09. The molecule has 2 heterocycles. The number of carbonyl (C=O) groups is 2. The summed E-state index contributed by atoms with van der Waals surface area (Å²) in [6.07, 6.45) is 0. The van der Waals surface area contributed by atoms with Gasteiger partial charge in [-0.15, -0.1) is 12.4 Å². The third-order valence-corrected chi connectivity index (χ3v) is 6.19. The fourth-order valence-electron chi connectivity index (χ4n) is 2.91. The van der Waals surface area contributed by atoms with Gasteiger partial charge >= 0.3 is 0 Å². The smallest absolute Gasteiger partial charge is 0.262 e. The van der Waals surface area contributed by atoms with Crippen molar-refractivity contribution in [3.63, 3.8) is 0 Å². The second-order valence-electron chi connectivity index (χ2n) is 6.91. The van der Waals surface area contributed by atoms with Crippen LogP contribution in [0.15, 0.2) is 23.1 Å². The molecule has 0 unspecified atom stereocenters. The molecule has 2 aliphatic heterocycles. The number of ether oxygens (including phenoxy) is 1. The lowest BCUT2D eigenvalue weighted by atomic mass is 10.1. The fraction of sp³-hybridized carbons (Fsp3) is 0.500. The first kappa shape index (κ1) is 21.4. The highest BCUT2D eigenvalue weighted by atomic mass is 35.5. The molecule has 1 saturated heterocycles. The molecule has 1 aromatic rings. The first-order valence-electron chi connectivity index (χ1n) is 8.24. The lowest BCUT2D eigenvalue weighted by Gasteiger charge is -2.37. The van der Waals surface area contributed by atoms with Crippen molar-refractivity contribution >= 4 is 39.9 Å². The number of fused-ring (bicyclic) bond motifs is 1. The predicted molar refractivity (Wildman–Crippen MR) is 101 cm³/mol. The lowest BCUT2D eigenvalue weighted by Crippen LogP contribution is -2.57. The highest BCUT2D eigenvalue weighted by molar-refractivity contribution is 7.89. The van der Waals surface area contributed by atoms with E-state index in [9.17, 15) is 18.0 Å². The van der Waals surface area contributed by atoms with Crippen molar-refractivity contribution in [2.24, 2.45) is 5.73 Å². The largest absolute Gasteiger partial charge is 0.482 e. The Hall–Kier alpha value is -1.88. The van der Waals surface area contributed by atoms with E-state index in [-0.39, 0.29) is 61.9 Å². The first-order valence-corrected chi connectivity index (χ1v) is 9.68. The maximum atomic E-state index is 12.9. The maximum absolute atomic E-state index is 12.9. The van der Waals surface area contributed by atoms with Gasteiger partial charge in [0.05, 0.1) is 16.1 Å². The molecule has 1 aromatic carbocycles. The van der Waals surface area contributed by atoms with Crippen molar-refractivity contribution in [3.8, 4) is 5.75 Å². The van der Waals surface area contributed by atoms with Gasteiger partial charge in [-0.25, -0.2) is 8.42 Å². The van der Waals surface area contributed by atoms with Crippen molar-refractivity contribution in [3.05, 3.63) is 18.2 Å². The minimum Gasteiger partial charge on any atom is -0.482 e. The Kier molecular flexibility index (Phi) is 6.05. The van der Waals surface area contributed by atoms with E-state index in [4.69, 9.17) is 10.5 Å². The Bertz CT molecular complexity index is 845. The van der Waals surface area contributed by atoms with Crippen LogP contribution in [-0.2, 0) is 19.6 Å². The normalized spacial score (nSPS) is 18.0. The molecular weight excluding hydrogens is 396 g/mol. The van der Waals surface area contributed by atoms with Crippen molar-refractivity contribution in [1.82, 2.24) is 9.21 Å². The Morgan fingerprint density at radius 2 is 1.85 bits per heavy atom. The van der Waals surface area contributed by atoms with Crippen LogP contribution in [0.3, 0.4) is 0 Å². The standard InChI is InChI=1S/C16H22N4O5S.ClH/c1-16(2,17)15(22)19-5-7-20(8-6-19)26(23,24)11-3-4-13-12(9-11)18-14(21)10-25-13;/h3-4,9H,5-8,10,17H2,1-2H3,(H,18,21);1H. The Morgan fingerprint density at radius 1 is 1.22 bits per heavy atom. The zero-order valence-corrected chi connectivity index (χ0v) is 16.7. The molecule has 0 atom stereocenters. The Morgan fingerprint density at radius 3 is 2.44 bits per heavy atom. The molecule has 150 valence electrons. The van der Waals surface area contributed by atoms with E-state index < -0.39 is 15.6 Å². The van der Waals surface area contributed by atoms with Crippen molar-refractivity contribution in [1.29, 1.82) is 0 Å². The second kappa shape index (κ2) is 7.63. The van der Waals surface area contributed by atoms with E-state index in [1.54, 1.807) is 18.7 Å². The van der Waals surface area contributed by atoms with E-state index in [0.717, 1.165) is 0 Å². The van der Waals surface area contributed by atoms with Gasteiger partial charge in [0, 0.05) is 26.2 Å². The van der Waals surface area contributed by atoms with Gasteiger partial charge in [-0.2, -0.15) is 4.31 Å². The molecule has 11 heteroatoms. The number of nitrogens with zero attached hydrogens (tertiary/aromatic N) is 2. The molecule has 3 rings (SSSR count). The molecule has 0 spiro atoms. The van der Waals surface area contributed by atoms with Gasteiger partial charge in [0.25, 0.3) is 5.91 Å². The number of nitrogens with two attached hydrogens (primary N) is 1. The van der Waals surface area contributed by atoms with E-state index in [0.29, 0.717) is 11.4 Å². The van der Waals surface area contributed by atoms with Crippen LogP contribution in [-0.4, -0.2) is 67.8 Å². The molecule has 0 aliphatic carbocycles. The summed E-state index contributed by atoms with van der Waals surface area (Å²) in [4.78, 5) is 25.3. The number of hydrogen-bond acceptors (Lipinski definition) is 6. The number of carbonyl (C=O) groups excluding carboxylic acids is 2. The third-order valence-electron chi connectivity index (χ3n) is 4.30. The van der Waals surface area contributed by atoms with Crippen LogP contribution >= 0.6 is 12.4 Å². The minimum absolute atomic E-state index is 0. The highest BCUT2D eigenvalue weighted by Crippen LogP contribution is 2.31. The monoisotopic (exact) mass is 418 g/mol. The van der Waals surface area contributed by atoms with Gasteiger partial charge in [0.1, 0.15) is 5.75 Å². The average Bonchev–Trinajstić information content (AvgIpc) is 2.59. The van der Waals surface area contributed by atoms with E-state index >= 15 is 0 Å². The Balaban J connectivity index is 0.00000261. The number of hydrogen-bond donors (Lipinski definition) is 2. The molecular formula is C16H23ClN4O5S. The summed E-state index contributed by atoms with van der Waals surface area (Å²) in [7, 11) is -3.74. The Labute approximate surface area is 164 Å². The maximum Gasteiger partial charge on any atom is 0.262 e. The van der Waals surface area contributed by atoms with Gasteiger partial charge in [0.2, 0.25) is 15.9 Å². The third kappa shape index (κ3) is 4.34. The van der Waals surface area contributed by atoms with Gasteiger partial charge in [-0.3, -0.25) is 9.59 Å². The molecule has 0 radical (unpaired) electrons. The molecule has 9 nitrogen and oxygen atoms in total. The number of sulfonamides is 1. The number of nitrogens with one attached hydrogen (secondary N) is 1. The van der Waals surface area contributed by atoms with Gasteiger partial charge in [0.15, 0.2) is 6.61 Å². The molecule has 0 bridgehead atoms. The summed E-state index contributed by atoms with van der Waals surface area (Å²) in [5.41, 5.74) is 5.17. The number of piperazine rings is 1. The molecule has 0 aromatic heterocycles.